The number of hydrogen-bond acceptors (Lipinski definition) is 5. The zero-order valence-electron chi connectivity index (χ0n) is 14.5. The fraction of sp³-hybridized carbons (Fsp3) is 0.412. The molecule has 0 radical (unpaired) electrons. The SMILES string of the molecule is COc1cc(OC)cc(C(NC(=O)C2CNC2)c2nccn2C)c1.Cl. The number of hydrogen-bond donors (Lipinski definition) is 2. The van der Waals surface area contributed by atoms with E-state index in [9.17, 15) is 4.79 Å². The van der Waals surface area contributed by atoms with E-state index in [0.717, 1.165) is 11.4 Å². The molecular formula is C17H23ClN4O3. The van der Waals surface area contributed by atoms with Crippen molar-refractivity contribution in [2.45, 2.75) is 6.04 Å². The van der Waals surface area contributed by atoms with Gasteiger partial charge in [0.25, 0.3) is 0 Å². The lowest BCUT2D eigenvalue weighted by Crippen LogP contribution is -2.51. The summed E-state index contributed by atoms with van der Waals surface area (Å²) in [5, 5.41) is 6.22. The molecule has 1 aromatic heterocycles. The maximum atomic E-state index is 12.5. The molecule has 1 atom stereocenters. The second-order valence-corrected chi connectivity index (χ2v) is 5.84. The summed E-state index contributed by atoms with van der Waals surface area (Å²) in [7, 11) is 5.11. The van der Waals surface area contributed by atoms with Gasteiger partial charge in [0.1, 0.15) is 23.4 Å². The van der Waals surface area contributed by atoms with Crippen molar-refractivity contribution in [3.8, 4) is 11.5 Å². The number of nitrogens with zero attached hydrogens (tertiary/aromatic N) is 2. The molecule has 0 bridgehead atoms. The van der Waals surface area contributed by atoms with Gasteiger partial charge in [-0.05, 0) is 17.7 Å². The number of rotatable bonds is 6. The van der Waals surface area contributed by atoms with Gasteiger partial charge in [-0.2, -0.15) is 0 Å². The molecule has 1 aromatic carbocycles. The Labute approximate surface area is 153 Å². The molecule has 8 heteroatoms. The average molecular weight is 367 g/mol. The summed E-state index contributed by atoms with van der Waals surface area (Å²) in [6, 6.07) is 5.21. The molecule has 136 valence electrons. The Kier molecular flexibility index (Phi) is 6.27. The van der Waals surface area contributed by atoms with Crippen molar-refractivity contribution in [1.29, 1.82) is 0 Å². The van der Waals surface area contributed by atoms with Crippen molar-refractivity contribution in [2.24, 2.45) is 13.0 Å². The summed E-state index contributed by atoms with van der Waals surface area (Å²) in [6.07, 6.45) is 3.58. The summed E-state index contributed by atoms with van der Waals surface area (Å²) in [6.45, 7) is 1.42. The van der Waals surface area contributed by atoms with E-state index in [1.807, 2.05) is 29.9 Å². The average Bonchev–Trinajstić information content (AvgIpc) is 2.96. The molecule has 7 nitrogen and oxygen atoms in total. The van der Waals surface area contributed by atoms with E-state index >= 15 is 0 Å². The van der Waals surface area contributed by atoms with Gasteiger partial charge in [-0.15, -0.1) is 12.4 Å². The third-order valence-corrected chi connectivity index (χ3v) is 4.26. The number of aromatic nitrogens is 2. The van der Waals surface area contributed by atoms with Crippen LogP contribution in [0.1, 0.15) is 17.4 Å². The number of benzene rings is 1. The van der Waals surface area contributed by atoms with Crippen molar-refractivity contribution in [3.63, 3.8) is 0 Å². The van der Waals surface area contributed by atoms with Gasteiger partial charge in [-0.3, -0.25) is 4.79 Å². The molecule has 25 heavy (non-hydrogen) atoms. The predicted molar refractivity (Wildman–Crippen MR) is 96.3 cm³/mol. The first-order valence-electron chi connectivity index (χ1n) is 7.83. The Bertz CT molecular complexity index is 708. The monoisotopic (exact) mass is 366 g/mol. The van der Waals surface area contributed by atoms with E-state index in [2.05, 4.69) is 15.6 Å². The highest BCUT2D eigenvalue weighted by atomic mass is 35.5. The zero-order chi connectivity index (χ0) is 17.1. The Balaban J connectivity index is 0.00000225. The minimum atomic E-state index is -0.373. The Morgan fingerprint density at radius 2 is 1.92 bits per heavy atom. The van der Waals surface area contributed by atoms with Gasteiger partial charge in [0.05, 0.1) is 20.1 Å². The molecule has 1 fully saturated rings. The summed E-state index contributed by atoms with van der Waals surface area (Å²) in [5.74, 6) is 2.11. The van der Waals surface area contributed by atoms with Crippen LogP contribution < -0.4 is 20.1 Å². The maximum Gasteiger partial charge on any atom is 0.226 e. The van der Waals surface area contributed by atoms with Crippen LogP contribution in [-0.4, -0.2) is 42.8 Å². The van der Waals surface area contributed by atoms with Crippen LogP contribution in [0.2, 0.25) is 0 Å². The van der Waals surface area contributed by atoms with Gasteiger partial charge >= 0.3 is 0 Å². The summed E-state index contributed by atoms with van der Waals surface area (Å²) >= 11 is 0. The van der Waals surface area contributed by atoms with E-state index in [1.54, 1.807) is 26.5 Å². The molecule has 0 aliphatic carbocycles. The molecule has 2 aromatic rings. The van der Waals surface area contributed by atoms with Gasteiger partial charge in [0, 0.05) is 38.6 Å². The minimum absolute atomic E-state index is 0. The van der Waals surface area contributed by atoms with E-state index in [-0.39, 0.29) is 30.3 Å². The van der Waals surface area contributed by atoms with Crippen LogP contribution in [0.3, 0.4) is 0 Å². The number of nitrogens with one attached hydrogen (secondary N) is 2. The molecule has 1 saturated heterocycles. The molecular weight excluding hydrogens is 344 g/mol. The highest BCUT2D eigenvalue weighted by Crippen LogP contribution is 2.29. The van der Waals surface area contributed by atoms with E-state index in [4.69, 9.17) is 9.47 Å². The Hall–Kier alpha value is -2.25. The molecule has 3 rings (SSSR count). The summed E-state index contributed by atoms with van der Waals surface area (Å²) in [4.78, 5) is 16.9. The minimum Gasteiger partial charge on any atom is -0.497 e. The second kappa shape index (κ2) is 8.22. The van der Waals surface area contributed by atoms with Gasteiger partial charge in [-0.1, -0.05) is 0 Å². The molecule has 0 spiro atoms. The standard InChI is InChI=1S/C17H22N4O3.ClH/c1-21-5-4-19-16(21)15(20-17(22)12-9-18-10-12)11-6-13(23-2)8-14(7-11)24-3;/h4-8,12,15,18H,9-10H2,1-3H3,(H,20,22);1H. The molecule has 1 aliphatic heterocycles. The van der Waals surface area contributed by atoms with E-state index in [0.29, 0.717) is 24.6 Å². The number of methoxy groups -OCH3 is 2. The first kappa shape index (κ1) is 19.1. The van der Waals surface area contributed by atoms with Gasteiger partial charge < -0.3 is 24.7 Å². The Morgan fingerprint density at radius 1 is 1.28 bits per heavy atom. The summed E-state index contributed by atoms with van der Waals surface area (Å²) < 4.78 is 12.6. The first-order chi connectivity index (χ1) is 11.6. The van der Waals surface area contributed by atoms with Gasteiger partial charge in [0.15, 0.2) is 0 Å². The van der Waals surface area contributed by atoms with Gasteiger partial charge in [0.2, 0.25) is 5.91 Å². The van der Waals surface area contributed by atoms with Crippen LogP contribution in [0.4, 0.5) is 0 Å². The quantitative estimate of drug-likeness (QED) is 0.805. The number of ether oxygens (including phenoxy) is 2. The molecule has 1 aliphatic rings. The lowest BCUT2D eigenvalue weighted by Gasteiger charge is -2.28. The van der Waals surface area contributed by atoms with Crippen molar-refractivity contribution in [1.82, 2.24) is 20.2 Å². The molecule has 2 heterocycles. The maximum absolute atomic E-state index is 12.5. The number of carbonyl (C=O) groups is 1. The normalized spacial score (nSPS) is 14.8. The predicted octanol–water partition coefficient (Wildman–Crippen LogP) is 1.28. The smallest absolute Gasteiger partial charge is 0.226 e. The summed E-state index contributed by atoms with van der Waals surface area (Å²) in [5.41, 5.74) is 0.862. The van der Waals surface area contributed by atoms with E-state index in [1.165, 1.54) is 0 Å². The molecule has 1 unspecified atom stereocenters. The molecule has 1 amide bonds. The number of amides is 1. The van der Waals surface area contributed by atoms with Crippen molar-refractivity contribution in [3.05, 3.63) is 42.0 Å². The highest BCUT2D eigenvalue weighted by Gasteiger charge is 2.29. The largest absolute Gasteiger partial charge is 0.497 e. The number of halogens is 1. The third-order valence-electron chi connectivity index (χ3n) is 4.26. The first-order valence-corrected chi connectivity index (χ1v) is 7.83. The third kappa shape index (κ3) is 4.05. The van der Waals surface area contributed by atoms with Crippen LogP contribution in [0, 0.1) is 5.92 Å². The fourth-order valence-corrected chi connectivity index (χ4v) is 2.68. The fourth-order valence-electron chi connectivity index (χ4n) is 2.68. The van der Waals surface area contributed by atoms with E-state index < -0.39 is 0 Å². The van der Waals surface area contributed by atoms with Crippen LogP contribution in [0.25, 0.3) is 0 Å². The zero-order valence-corrected chi connectivity index (χ0v) is 15.3. The van der Waals surface area contributed by atoms with Crippen molar-refractivity contribution < 1.29 is 14.3 Å². The number of aryl methyl sites for hydroxylation is 1. The van der Waals surface area contributed by atoms with Crippen molar-refractivity contribution >= 4 is 18.3 Å². The Morgan fingerprint density at radius 3 is 2.36 bits per heavy atom. The van der Waals surface area contributed by atoms with Crippen LogP contribution in [0.15, 0.2) is 30.6 Å². The number of imidazole rings is 1. The highest BCUT2D eigenvalue weighted by molar-refractivity contribution is 5.85. The lowest BCUT2D eigenvalue weighted by atomic mass is 10.00. The van der Waals surface area contributed by atoms with Crippen LogP contribution >= 0.6 is 12.4 Å². The van der Waals surface area contributed by atoms with Crippen LogP contribution in [-0.2, 0) is 11.8 Å². The second-order valence-electron chi connectivity index (χ2n) is 5.84. The molecule has 0 saturated carbocycles. The topological polar surface area (TPSA) is 77.4 Å². The van der Waals surface area contributed by atoms with Crippen LogP contribution in [0.5, 0.6) is 11.5 Å². The number of carbonyl (C=O) groups excluding carboxylic acids is 1. The van der Waals surface area contributed by atoms with Gasteiger partial charge in [-0.25, -0.2) is 4.98 Å². The van der Waals surface area contributed by atoms with Crippen molar-refractivity contribution in [2.75, 3.05) is 27.3 Å². The molecule has 2 N–H and O–H groups in total. The lowest BCUT2D eigenvalue weighted by molar-refractivity contribution is -0.127.